The summed E-state index contributed by atoms with van der Waals surface area (Å²) in [6.07, 6.45) is 0. The number of halogens is 4. The van der Waals surface area contributed by atoms with Crippen LogP contribution in [0.3, 0.4) is 0 Å². The summed E-state index contributed by atoms with van der Waals surface area (Å²) >= 11 is 0.608. The molecule has 1 aromatic carbocycles. The van der Waals surface area contributed by atoms with Crippen LogP contribution < -0.4 is 10.1 Å². The van der Waals surface area contributed by atoms with Crippen LogP contribution in [0.15, 0.2) is 0 Å². The molecule has 1 N–H and O–H groups in total. The van der Waals surface area contributed by atoms with Crippen molar-refractivity contribution in [1.82, 2.24) is 0 Å². The number of nitrogens with zero attached hydrogens (tertiary/aromatic N) is 1. The summed E-state index contributed by atoms with van der Waals surface area (Å²) < 4.78 is 64.4. The largest absolute Gasteiger partial charge is 0.491 e. The second-order valence-electron chi connectivity index (χ2n) is 4.98. The van der Waals surface area contributed by atoms with E-state index in [1.165, 1.54) is 6.92 Å². The van der Waals surface area contributed by atoms with E-state index in [1.807, 2.05) is 5.32 Å². The van der Waals surface area contributed by atoms with Crippen LogP contribution in [0.5, 0.6) is 5.75 Å². The van der Waals surface area contributed by atoms with Crippen molar-refractivity contribution in [3.8, 4) is 11.8 Å². The van der Waals surface area contributed by atoms with Crippen molar-refractivity contribution in [3.05, 3.63) is 44.8 Å². The Hall–Kier alpha value is -3.13. The van der Waals surface area contributed by atoms with Gasteiger partial charge < -0.3 is 14.8 Å². The quantitative estimate of drug-likeness (QED) is 0.480. The van der Waals surface area contributed by atoms with Gasteiger partial charge in [-0.3, -0.25) is 4.79 Å². The molecule has 27 heavy (non-hydrogen) atoms. The van der Waals surface area contributed by atoms with E-state index in [-0.39, 0.29) is 21.0 Å². The molecule has 0 fully saturated rings. The minimum Gasteiger partial charge on any atom is -0.491 e. The Balaban J connectivity index is 2.54. The van der Waals surface area contributed by atoms with Gasteiger partial charge in [0.05, 0.1) is 19.8 Å². The molecule has 0 bridgehead atoms. The summed E-state index contributed by atoms with van der Waals surface area (Å²) in [7, 11) is 1.89. The molecule has 6 nitrogen and oxygen atoms in total. The van der Waals surface area contributed by atoms with Crippen LogP contribution in [0.25, 0.3) is 0 Å². The number of carbonyl (C=O) groups is 2. The van der Waals surface area contributed by atoms with Crippen LogP contribution in [0.1, 0.15) is 31.2 Å². The van der Waals surface area contributed by atoms with Gasteiger partial charge in [0.15, 0.2) is 17.4 Å². The number of thiophene rings is 1. The molecular formula is C16H10F4N2O4S. The Morgan fingerprint density at radius 2 is 1.63 bits per heavy atom. The maximum absolute atomic E-state index is 14.0. The summed E-state index contributed by atoms with van der Waals surface area (Å²) in [6, 6.07) is 1.72. The molecule has 0 spiro atoms. The van der Waals surface area contributed by atoms with E-state index in [4.69, 9.17) is 0 Å². The lowest BCUT2D eigenvalue weighted by Crippen LogP contribution is -2.18. The molecule has 0 aliphatic heterocycles. The Kier molecular flexibility index (Phi) is 5.70. The number of carbonyl (C=O) groups excluding carboxylic acids is 2. The highest BCUT2D eigenvalue weighted by molar-refractivity contribution is 7.18. The number of esters is 1. The van der Waals surface area contributed by atoms with Gasteiger partial charge in [-0.05, 0) is 12.5 Å². The Morgan fingerprint density at radius 3 is 2.07 bits per heavy atom. The van der Waals surface area contributed by atoms with Crippen molar-refractivity contribution in [3.63, 3.8) is 0 Å². The second-order valence-corrected chi connectivity index (χ2v) is 6.00. The van der Waals surface area contributed by atoms with E-state index in [2.05, 4.69) is 9.47 Å². The number of amides is 1. The second kappa shape index (κ2) is 7.63. The maximum atomic E-state index is 14.0. The first-order valence-corrected chi connectivity index (χ1v) is 7.84. The third kappa shape index (κ3) is 3.31. The number of anilines is 1. The fourth-order valence-corrected chi connectivity index (χ4v) is 3.25. The summed E-state index contributed by atoms with van der Waals surface area (Å²) in [5.74, 6) is -11.4. The fourth-order valence-electron chi connectivity index (χ4n) is 2.18. The van der Waals surface area contributed by atoms with Crippen LogP contribution in [-0.2, 0) is 4.74 Å². The number of hydrogen-bond acceptors (Lipinski definition) is 6. The summed E-state index contributed by atoms with van der Waals surface area (Å²) in [4.78, 5) is 23.8. The van der Waals surface area contributed by atoms with E-state index < -0.39 is 46.5 Å². The first kappa shape index (κ1) is 20.2. The van der Waals surface area contributed by atoms with Crippen molar-refractivity contribution in [1.29, 1.82) is 5.26 Å². The number of nitrogens with one attached hydrogen (secondary N) is 1. The molecule has 11 heteroatoms. The van der Waals surface area contributed by atoms with E-state index in [9.17, 15) is 32.4 Å². The average molecular weight is 402 g/mol. The van der Waals surface area contributed by atoms with Gasteiger partial charge in [0.2, 0.25) is 11.6 Å². The van der Waals surface area contributed by atoms with Gasteiger partial charge in [-0.2, -0.15) is 14.0 Å². The van der Waals surface area contributed by atoms with Crippen molar-refractivity contribution in [2.75, 3.05) is 19.5 Å². The Morgan fingerprint density at radius 1 is 1.07 bits per heavy atom. The maximum Gasteiger partial charge on any atom is 0.348 e. The minimum atomic E-state index is -1.97. The highest BCUT2D eigenvalue weighted by Crippen LogP contribution is 2.35. The summed E-state index contributed by atoms with van der Waals surface area (Å²) in [5, 5.41) is 10.9. The van der Waals surface area contributed by atoms with Gasteiger partial charge in [0, 0.05) is 0 Å². The van der Waals surface area contributed by atoms with E-state index in [0.29, 0.717) is 11.3 Å². The fraction of sp³-hybridized carbons (Fsp3) is 0.188. The third-order valence-corrected chi connectivity index (χ3v) is 4.70. The van der Waals surface area contributed by atoms with Crippen LogP contribution in [0.2, 0.25) is 0 Å². The Bertz CT molecular complexity index is 969. The van der Waals surface area contributed by atoms with Crippen LogP contribution >= 0.6 is 11.3 Å². The number of benzene rings is 1. The number of ether oxygens (including phenoxy) is 2. The van der Waals surface area contributed by atoms with Gasteiger partial charge in [-0.15, -0.1) is 11.3 Å². The molecule has 0 atom stereocenters. The Labute approximate surface area is 153 Å². The topological polar surface area (TPSA) is 88.4 Å². The zero-order valence-electron chi connectivity index (χ0n) is 14.0. The van der Waals surface area contributed by atoms with Crippen molar-refractivity contribution in [2.45, 2.75) is 6.92 Å². The first-order chi connectivity index (χ1) is 12.7. The lowest BCUT2D eigenvalue weighted by Gasteiger charge is -2.10. The number of nitriles is 1. The molecule has 0 radical (unpaired) electrons. The smallest absolute Gasteiger partial charge is 0.348 e. The molecule has 0 saturated heterocycles. The average Bonchev–Trinajstić information content (AvgIpc) is 2.95. The van der Waals surface area contributed by atoms with Crippen LogP contribution in [0, 0.1) is 41.5 Å². The van der Waals surface area contributed by atoms with Crippen molar-refractivity contribution < 1.29 is 36.6 Å². The summed E-state index contributed by atoms with van der Waals surface area (Å²) in [5.41, 5.74) is -1.54. The lowest BCUT2D eigenvalue weighted by molar-refractivity contribution is 0.0605. The van der Waals surface area contributed by atoms with Crippen LogP contribution in [-0.4, -0.2) is 26.1 Å². The van der Waals surface area contributed by atoms with Crippen molar-refractivity contribution in [2.24, 2.45) is 0 Å². The highest BCUT2D eigenvalue weighted by atomic mass is 32.1. The standard InChI is InChI=1S/C16H10F4N2O4S/c1-5-6(4-21)15(27-13(5)16(24)26-3)22-14(23)7-8(17)10(19)12(25-2)11(20)9(7)18/h1-3H3,(H,22,23). The zero-order valence-corrected chi connectivity index (χ0v) is 14.8. The molecule has 2 aromatic rings. The van der Waals surface area contributed by atoms with E-state index in [1.54, 1.807) is 6.07 Å². The zero-order chi connectivity index (χ0) is 20.5. The summed E-state index contributed by atoms with van der Waals surface area (Å²) in [6.45, 7) is 1.39. The minimum absolute atomic E-state index is 0.0302. The number of hydrogen-bond donors (Lipinski definition) is 1. The lowest BCUT2D eigenvalue weighted by atomic mass is 10.1. The van der Waals surface area contributed by atoms with Crippen LogP contribution in [0.4, 0.5) is 22.6 Å². The molecule has 2 rings (SSSR count). The normalized spacial score (nSPS) is 10.3. The molecule has 0 aliphatic carbocycles. The molecule has 142 valence electrons. The molecule has 0 aliphatic rings. The van der Waals surface area contributed by atoms with E-state index in [0.717, 1.165) is 14.2 Å². The number of methoxy groups -OCH3 is 2. The first-order valence-electron chi connectivity index (χ1n) is 7.02. The van der Waals surface area contributed by atoms with Crippen molar-refractivity contribution >= 4 is 28.2 Å². The molecular weight excluding hydrogens is 392 g/mol. The molecule has 0 saturated carbocycles. The molecule has 1 aromatic heterocycles. The van der Waals surface area contributed by atoms with Gasteiger partial charge in [0.25, 0.3) is 5.91 Å². The van der Waals surface area contributed by atoms with Gasteiger partial charge in [-0.25, -0.2) is 13.6 Å². The van der Waals surface area contributed by atoms with Gasteiger partial charge in [-0.1, -0.05) is 0 Å². The monoisotopic (exact) mass is 402 g/mol. The predicted octanol–water partition coefficient (Wildman–Crippen LogP) is 3.53. The number of rotatable bonds is 4. The third-order valence-electron chi connectivity index (χ3n) is 3.51. The van der Waals surface area contributed by atoms with Gasteiger partial charge >= 0.3 is 5.97 Å². The molecule has 1 amide bonds. The SMILES string of the molecule is COC(=O)c1sc(NC(=O)c2c(F)c(F)c(OC)c(F)c2F)c(C#N)c1C. The van der Waals surface area contributed by atoms with E-state index >= 15 is 0 Å². The molecule has 1 heterocycles. The predicted molar refractivity (Wildman–Crippen MR) is 85.9 cm³/mol. The van der Waals surface area contributed by atoms with Gasteiger partial charge in [0.1, 0.15) is 21.5 Å². The molecule has 0 unspecified atom stereocenters. The highest BCUT2D eigenvalue weighted by Gasteiger charge is 2.31.